The third-order valence-electron chi connectivity index (χ3n) is 3.11. The molecular weight excluding hydrogens is 238 g/mol. The summed E-state index contributed by atoms with van der Waals surface area (Å²) in [6.45, 7) is -0.714. The Morgan fingerprint density at radius 2 is 1.50 bits per heavy atom. The van der Waals surface area contributed by atoms with Crippen LogP contribution in [-0.4, -0.2) is 24.1 Å². The van der Waals surface area contributed by atoms with Gasteiger partial charge in [-0.3, -0.25) is 0 Å². The molecule has 0 aliphatic heterocycles. The molecule has 1 nitrogen and oxygen atoms in total. The maximum atomic E-state index is 12.5. The number of alkyl halides is 6. The molecule has 3 atom stereocenters. The Hall–Kier alpha value is -0.460. The van der Waals surface area contributed by atoms with Crippen molar-refractivity contribution in [2.45, 2.75) is 31.6 Å². The minimum atomic E-state index is -4.67. The predicted molar refractivity (Wildman–Crippen MR) is 43.5 cm³/mol. The van der Waals surface area contributed by atoms with Gasteiger partial charge in [0.15, 0.2) is 0 Å². The smallest absolute Gasteiger partial charge is 0.392 e. The number of rotatable bonds is 1. The molecule has 1 aliphatic carbocycles. The van der Waals surface area contributed by atoms with Crippen molar-refractivity contribution in [1.82, 2.24) is 0 Å². The van der Waals surface area contributed by atoms with Crippen LogP contribution in [0.2, 0.25) is 0 Å². The van der Waals surface area contributed by atoms with E-state index in [4.69, 9.17) is 5.11 Å². The van der Waals surface area contributed by atoms with Gasteiger partial charge in [0, 0.05) is 6.61 Å². The van der Waals surface area contributed by atoms with Gasteiger partial charge >= 0.3 is 12.4 Å². The molecule has 1 saturated carbocycles. The molecule has 1 rings (SSSR count). The maximum Gasteiger partial charge on any atom is 0.392 e. The highest BCUT2D eigenvalue weighted by atomic mass is 19.4. The van der Waals surface area contributed by atoms with Crippen LogP contribution >= 0.6 is 0 Å². The monoisotopic (exact) mass is 250 g/mol. The number of hydrogen-bond donors (Lipinski definition) is 1. The molecule has 0 heterocycles. The summed E-state index contributed by atoms with van der Waals surface area (Å²) in [5.74, 6) is -5.04. The van der Waals surface area contributed by atoms with E-state index in [2.05, 4.69) is 0 Å². The highest BCUT2D eigenvalue weighted by Gasteiger charge is 2.52. The van der Waals surface area contributed by atoms with Crippen molar-refractivity contribution in [3.63, 3.8) is 0 Å². The Kier molecular flexibility index (Phi) is 3.76. The number of aliphatic hydroxyl groups excluding tert-OH is 1. The third kappa shape index (κ3) is 3.02. The molecule has 7 heteroatoms. The van der Waals surface area contributed by atoms with Gasteiger partial charge in [0.25, 0.3) is 0 Å². The molecule has 0 aromatic carbocycles. The molecule has 0 radical (unpaired) electrons. The minimum absolute atomic E-state index is 0.231. The van der Waals surface area contributed by atoms with E-state index >= 15 is 0 Å². The van der Waals surface area contributed by atoms with Crippen molar-refractivity contribution in [2.75, 3.05) is 6.61 Å². The van der Waals surface area contributed by atoms with Crippen molar-refractivity contribution in [1.29, 1.82) is 0 Å². The summed E-state index contributed by atoms with van der Waals surface area (Å²) >= 11 is 0. The molecule has 0 saturated heterocycles. The van der Waals surface area contributed by atoms with Gasteiger partial charge in [-0.2, -0.15) is 26.3 Å². The second-order valence-corrected chi connectivity index (χ2v) is 4.14. The van der Waals surface area contributed by atoms with Crippen LogP contribution in [0.1, 0.15) is 19.3 Å². The van der Waals surface area contributed by atoms with Crippen LogP contribution in [0.15, 0.2) is 0 Å². The fraction of sp³-hybridized carbons (Fsp3) is 1.00. The van der Waals surface area contributed by atoms with E-state index in [1.54, 1.807) is 0 Å². The zero-order chi connectivity index (χ0) is 12.6. The molecule has 1 fully saturated rings. The second kappa shape index (κ2) is 4.43. The van der Waals surface area contributed by atoms with E-state index in [-0.39, 0.29) is 12.8 Å². The van der Waals surface area contributed by atoms with Gasteiger partial charge in [-0.05, 0) is 25.2 Å². The third-order valence-corrected chi connectivity index (χ3v) is 3.11. The van der Waals surface area contributed by atoms with Gasteiger partial charge in [0.2, 0.25) is 0 Å². The quantitative estimate of drug-likeness (QED) is 0.709. The maximum absolute atomic E-state index is 12.5. The molecule has 0 aromatic rings. The van der Waals surface area contributed by atoms with Gasteiger partial charge < -0.3 is 5.11 Å². The normalized spacial score (nSPS) is 32.8. The van der Waals surface area contributed by atoms with Crippen molar-refractivity contribution in [3.05, 3.63) is 0 Å². The Labute approximate surface area is 88.4 Å². The second-order valence-electron chi connectivity index (χ2n) is 4.14. The van der Waals surface area contributed by atoms with Gasteiger partial charge in [-0.25, -0.2) is 0 Å². The lowest BCUT2D eigenvalue weighted by atomic mass is 9.73. The minimum Gasteiger partial charge on any atom is -0.396 e. The zero-order valence-electron chi connectivity index (χ0n) is 8.28. The van der Waals surface area contributed by atoms with Crippen LogP contribution in [0, 0.1) is 17.8 Å². The van der Waals surface area contributed by atoms with Crippen LogP contribution in [0.3, 0.4) is 0 Å². The fourth-order valence-corrected chi connectivity index (χ4v) is 2.15. The number of halogens is 6. The number of aliphatic hydroxyl groups is 1. The summed E-state index contributed by atoms with van der Waals surface area (Å²) in [5, 5.41) is 8.73. The van der Waals surface area contributed by atoms with Crippen LogP contribution < -0.4 is 0 Å². The average molecular weight is 250 g/mol. The van der Waals surface area contributed by atoms with Crippen molar-refractivity contribution >= 4 is 0 Å². The first-order valence-electron chi connectivity index (χ1n) is 4.90. The summed E-state index contributed by atoms with van der Waals surface area (Å²) in [6, 6.07) is 0. The SMILES string of the molecule is OCC1CCC(C(F)(F)F)CC1C(F)(F)F. The van der Waals surface area contributed by atoms with Crippen molar-refractivity contribution < 1.29 is 31.4 Å². The first-order chi connectivity index (χ1) is 7.16. The van der Waals surface area contributed by atoms with Gasteiger partial charge in [0.05, 0.1) is 11.8 Å². The standard InChI is InChI=1S/C9H12F6O/c10-8(11,12)6-2-1-5(4-16)7(3-6)9(13,14)15/h5-7,16H,1-4H2. The van der Waals surface area contributed by atoms with E-state index < -0.39 is 43.1 Å². The van der Waals surface area contributed by atoms with Crippen molar-refractivity contribution in [3.8, 4) is 0 Å². The van der Waals surface area contributed by atoms with E-state index in [0.29, 0.717) is 0 Å². The van der Waals surface area contributed by atoms with E-state index in [1.165, 1.54) is 0 Å². The molecule has 3 unspecified atom stereocenters. The lowest BCUT2D eigenvalue weighted by molar-refractivity contribution is -0.236. The molecule has 0 amide bonds. The van der Waals surface area contributed by atoms with Crippen LogP contribution in [-0.2, 0) is 0 Å². The Morgan fingerprint density at radius 1 is 0.938 bits per heavy atom. The number of hydrogen-bond acceptors (Lipinski definition) is 1. The zero-order valence-corrected chi connectivity index (χ0v) is 8.28. The summed E-state index contributed by atoms with van der Waals surface area (Å²) in [5.41, 5.74) is 0. The Bertz CT molecular complexity index is 233. The Morgan fingerprint density at radius 3 is 1.88 bits per heavy atom. The summed E-state index contributed by atoms with van der Waals surface area (Å²) < 4.78 is 74.3. The summed E-state index contributed by atoms with van der Waals surface area (Å²) in [4.78, 5) is 0. The fourth-order valence-electron chi connectivity index (χ4n) is 2.15. The Balaban J connectivity index is 2.78. The van der Waals surface area contributed by atoms with E-state index in [1.807, 2.05) is 0 Å². The molecular formula is C9H12F6O. The molecule has 1 N–H and O–H groups in total. The molecule has 0 aromatic heterocycles. The van der Waals surface area contributed by atoms with Crippen LogP contribution in [0.4, 0.5) is 26.3 Å². The lowest BCUT2D eigenvalue weighted by Gasteiger charge is -2.36. The topological polar surface area (TPSA) is 20.2 Å². The van der Waals surface area contributed by atoms with Gasteiger partial charge in [-0.1, -0.05) is 0 Å². The summed E-state index contributed by atoms with van der Waals surface area (Å²) in [7, 11) is 0. The van der Waals surface area contributed by atoms with Crippen molar-refractivity contribution in [2.24, 2.45) is 17.8 Å². The van der Waals surface area contributed by atoms with E-state index in [9.17, 15) is 26.3 Å². The lowest BCUT2D eigenvalue weighted by Crippen LogP contribution is -2.41. The molecule has 0 spiro atoms. The first-order valence-corrected chi connectivity index (χ1v) is 4.90. The molecule has 0 bridgehead atoms. The predicted octanol–water partition coefficient (Wildman–Crippen LogP) is 3.14. The molecule has 1 aliphatic rings. The van der Waals surface area contributed by atoms with Crippen LogP contribution in [0.25, 0.3) is 0 Å². The molecule has 16 heavy (non-hydrogen) atoms. The van der Waals surface area contributed by atoms with E-state index in [0.717, 1.165) is 0 Å². The first kappa shape index (κ1) is 13.6. The van der Waals surface area contributed by atoms with Gasteiger partial charge in [0.1, 0.15) is 0 Å². The van der Waals surface area contributed by atoms with Gasteiger partial charge in [-0.15, -0.1) is 0 Å². The highest BCUT2D eigenvalue weighted by molar-refractivity contribution is 4.86. The van der Waals surface area contributed by atoms with Crippen LogP contribution in [0.5, 0.6) is 0 Å². The largest absolute Gasteiger partial charge is 0.396 e. The summed E-state index contributed by atoms with van der Waals surface area (Å²) in [6.07, 6.45) is -10.8. The average Bonchev–Trinajstić information content (AvgIpc) is 2.14. The highest BCUT2D eigenvalue weighted by Crippen LogP contribution is 2.47. The molecule has 96 valence electrons.